The molecule has 3 nitrogen and oxygen atoms in total. The highest BCUT2D eigenvalue weighted by Crippen LogP contribution is 2.11. The normalized spacial score (nSPS) is 16.4. The minimum atomic E-state index is 0.182. The number of benzene rings is 1. The fourth-order valence-corrected chi connectivity index (χ4v) is 2.72. The first-order valence-electron chi connectivity index (χ1n) is 7.79. The molecule has 1 amide bonds. The maximum atomic E-state index is 12.4. The van der Waals surface area contributed by atoms with Crippen LogP contribution in [-0.4, -0.2) is 48.4 Å². The Bertz CT molecular complexity index is 436. The lowest BCUT2D eigenvalue weighted by atomic mass is 10.1. The third-order valence-electron chi connectivity index (χ3n) is 4.00. The smallest absolute Gasteiger partial charge is 0.253 e. The average molecular weight is 274 g/mol. The van der Waals surface area contributed by atoms with Crippen LogP contribution in [0.15, 0.2) is 24.3 Å². The van der Waals surface area contributed by atoms with E-state index < -0.39 is 0 Å². The number of rotatable bonds is 5. The second-order valence-corrected chi connectivity index (χ2v) is 5.71. The van der Waals surface area contributed by atoms with Crippen molar-refractivity contribution in [3.63, 3.8) is 0 Å². The van der Waals surface area contributed by atoms with Crippen LogP contribution in [0.1, 0.15) is 42.1 Å². The quantitative estimate of drug-likeness (QED) is 0.771. The molecule has 1 aliphatic heterocycles. The highest BCUT2D eigenvalue weighted by molar-refractivity contribution is 5.94. The lowest BCUT2D eigenvalue weighted by Gasteiger charge is -2.34. The number of aryl methyl sites for hydroxylation is 1. The number of amides is 1. The molecule has 1 heterocycles. The molecule has 0 aromatic heterocycles. The van der Waals surface area contributed by atoms with E-state index in [-0.39, 0.29) is 5.91 Å². The number of hydrogen-bond acceptors (Lipinski definition) is 2. The summed E-state index contributed by atoms with van der Waals surface area (Å²) in [4.78, 5) is 16.9. The summed E-state index contributed by atoms with van der Waals surface area (Å²) in [6.07, 6.45) is 3.86. The van der Waals surface area contributed by atoms with Crippen LogP contribution in [0.25, 0.3) is 0 Å². The van der Waals surface area contributed by atoms with Crippen LogP contribution < -0.4 is 0 Å². The summed E-state index contributed by atoms with van der Waals surface area (Å²) in [5.74, 6) is 0.182. The summed E-state index contributed by atoms with van der Waals surface area (Å²) in [6, 6.07) is 7.89. The van der Waals surface area contributed by atoms with Gasteiger partial charge in [-0.25, -0.2) is 0 Å². The maximum absolute atomic E-state index is 12.4. The van der Waals surface area contributed by atoms with Crippen LogP contribution in [0.4, 0.5) is 0 Å². The highest BCUT2D eigenvalue weighted by Gasteiger charge is 2.21. The van der Waals surface area contributed by atoms with Gasteiger partial charge in [-0.1, -0.05) is 37.5 Å². The van der Waals surface area contributed by atoms with Gasteiger partial charge in [0.05, 0.1) is 0 Å². The summed E-state index contributed by atoms with van der Waals surface area (Å²) < 4.78 is 0. The van der Waals surface area contributed by atoms with Gasteiger partial charge in [-0.15, -0.1) is 0 Å². The third kappa shape index (κ3) is 4.07. The van der Waals surface area contributed by atoms with Crippen molar-refractivity contribution in [2.24, 2.45) is 0 Å². The Hall–Kier alpha value is -1.35. The first kappa shape index (κ1) is 15.0. The van der Waals surface area contributed by atoms with E-state index in [1.165, 1.54) is 25.8 Å². The van der Waals surface area contributed by atoms with Crippen molar-refractivity contribution < 1.29 is 4.79 Å². The minimum Gasteiger partial charge on any atom is -0.336 e. The van der Waals surface area contributed by atoms with E-state index in [0.717, 1.165) is 37.3 Å². The van der Waals surface area contributed by atoms with Gasteiger partial charge in [0.2, 0.25) is 0 Å². The zero-order valence-electron chi connectivity index (χ0n) is 12.8. The summed E-state index contributed by atoms with van der Waals surface area (Å²) in [5, 5.41) is 0. The van der Waals surface area contributed by atoms with Crippen molar-refractivity contribution >= 4 is 5.91 Å². The van der Waals surface area contributed by atoms with Crippen molar-refractivity contribution in [2.75, 3.05) is 32.7 Å². The lowest BCUT2D eigenvalue weighted by Crippen LogP contribution is -2.48. The summed E-state index contributed by atoms with van der Waals surface area (Å²) in [6.45, 7) is 9.20. The first-order chi connectivity index (χ1) is 9.70. The van der Waals surface area contributed by atoms with Gasteiger partial charge in [0.25, 0.3) is 5.91 Å². The fourth-order valence-electron chi connectivity index (χ4n) is 2.72. The Morgan fingerprint density at radius 3 is 2.55 bits per heavy atom. The van der Waals surface area contributed by atoms with Crippen LogP contribution in [0.3, 0.4) is 0 Å². The van der Waals surface area contributed by atoms with Crippen LogP contribution >= 0.6 is 0 Å². The molecule has 1 aromatic rings. The van der Waals surface area contributed by atoms with E-state index in [1.54, 1.807) is 0 Å². The Balaban J connectivity index is 1.83. The number of nitrogens with zero attached hydrogens (tertiary/aromatic N) is 2. The van der Waals surface area contributed by atoms with E-state index in [9.17, 15) is 4.79 Å². The second-order valence-electron chi connectivity index (χ2n) is 5.71. The molecule has 0 N–H and O–H groups in total. The zero-order valence-corrected chi connectivity index (χ0v) is 12.8. The third-order valence-corrected chi connectivity index (χ3v) is 4.00. The van der Waals surface area contributed by atoms with Gasteiger partial charge < -0.3 is 4.90 Å². The monoisotopic (exact) mass is 274 g/mol. The Morgan fingerprint density at radius 1 is 1.15 bits per heavy atom. The topological polar surface area (TPSA) is 23.6 Å². The molecule has 2 rings (SSSR count). The number of piperazine rings is 1. The van der Waals surface area contributed by atoms with E-state index in [1.807, 2.05) is 36.1 Å². The van der Waals surface area contributed by atoms with Crippen molar-refractivity contribution in [1.82, 2.24) is 9.80 Å². The van der Waals surface area contributed by atoms with E-state index in [0.29, 0.717) is 0 Å². The SMILES string of the molecule is CCCCCN1CCN(C(=O)c2cccc(C)c2)CC1. The lowest BCUT2D eigenvalue weighted by molar-refractivity contribution is 0.0635. The average Bonchev–Trinajstić information content (AvgIpc) is 2.47. The molecule has 0 spiro atoms. The largest absolute Gasteiger partial charge is 0.336 e. The molecule has 0 aliphatic carbocycles. The molecule has 110 valence electrons. The van der Waals surface area contributed by atoms with Gasteiger partial charge in [0.15, 0.2) is 0 Å². The van der Waals surface area contributed by atoms with E-state index in [4.69, 9.17) is 0 Å². The Morgan fingerprint density at radius 2 is 1.90 bits per heavy atom. The molecule has 3 heteroatoms. The molecule has 0 atom stereocenters. The molecule has 1 saturated heterocycles. The van der Waals surface area contributed by atoms with E-state index in [2.05, 4.69) is 11.8 Å². The molecule has 1 fully saturated rings. The molecular formula is C17H26N2O. The summed E-state index contributed by atoms with van der Waals surface area (Å²) in [5.41, 5.74) is 1.97. The molecule has 1 aromatic carbocycles. The van der Waals surface area contributed by atoms with Gasteiger partial charge in [0.1, 0.15) is 0 Å². The predicted octanol–water partition coefficient (Wildman–Crippen LogP) is 2.94. The first-order valence-corrected chi connectivity index (χ1v) is 7.79. The molecule has 1 aliphatic rings. The van der Waals surface area contributed by atoms with Crippen molar-refractivity contribution in [1.29, 1.82) is 0 Å². The molecule has 0 radical (unpaired) electrons. The van der Waals surface area contributed by atoms with Crippen LogP contribution in [0.5, 0.6) is 0 Å². The van der Waals surface area contributed by atoms with Crippen LogP contribution in [-0.2, 0) is 0 Å². The summed E-state index contributed by atoms with van der Waals surface area (Å²) in [7, 11) is 0. The van der Waals surface area contributed by atoms with Gasteiger partial charge in [-0.2, -0.15) is 0 Å². The zero-order chi connectivity index (χ0) is 14.4. The number of carbonyl (C=O) groups excluding carboxylic acids is 1. The van der Waals surface area contributed by atoms with Gasteiger partial charge in [0, 0.05) is 31.7 Å². The summed E-state index contributed by atoms with van der Waals surface area (Å²) >= 11 is 0. The van der Waals surface area contributed by atoms with Crippen LogP contribution in [0, 0.1) is 6.92 Å². The fraction of sp³-hybridized carbons (Fsp3) is 0.588. The maximum Gasteiger partial charge on any atom is 0.253 e. The Labute approximate surface area is 122 Å². The molecule has 0 bridgehead atoms. The van der Waals surface area contributed by atoms with E-state index >= 15 is 0 Å². The minimum absolute atomic E-state index is 0.182. The molecule has 0 unspecified atom stereocenters. The van der Waals surface area contributed by atoms with Crippen molar-refractivity contribution in [3.05, 3.63) is 35.4 Å². The Kier molecular flexibility index (Phi) is 5.60. The highest BCUT2D eigenvalue weighted by atomic mass is 16.2. The van der Waals surface area contributed by atoms with Gasteiger partial charge in [-0.3, -0.25) is 9.69 Å². The molecule has 20 heavy (non-hydrogen) atoms. The van der Waals surface area contributed by atoms with Crippen molar-refractivity contribution in [2.45, 2.75) is 33.1 Å². The predicted molar refractivity (Wildman–Crippen MR) is 83.0 cm³/mol. The number of carbonyl (C=O) groups is 1. The van der Waals surface area contributed by atoms with Gasteiger partial charge in [-0.05, 0) is 32.0 Å². The molecular weight excluding hydrogens is 248 g/mol. The number of unbranched alkanes of at least 4 members (excludes halogenated alkanes) is 2. The molecule has 0 saturated carbocycles. The second kappa shape index (κ2) is 7.44. The standard InChI is InChI=1S/C17H26N2O/c1-3-4-5-9-18-10-12-19(13-11-18)17(20)16-8-6-7-15(2)14-16/h6-8,14H,3-5,9-13H2,1-2H3. The van der Waals surface area contributed by atoms with Crippen LogP contribution in [0.2, 0.25) is 0 Å². The van der Waals surface area contributed by atoms with Crippen molar-refractivity contribution in [3.8, 4) is 0 Å². The number of hydrogen-bond donors (Lipinski definition) is 0. The van der Waals surface area contributed by atoms with Gasteiger partial charge >= 0.3 is 0 Å².